The van der Waals surface area contributed by atoms with Crippen LogP contribution in [-0.2, 0) is 4.79 Å². The Balaban J connectivity index is 2.21. The molecule has 0 fully saturated rings. The van der Waals surface area contributed by atoms with E-state index in [9.17, 15) is 4.79 Å². The van der Waals surface area contributed by atoms with Crippen molar-refractivity contribution < 1.29 is 4.79 Å². The minimum atomic E-state index is -0.113. The molecule has 1 heterocycles. The van der Waals surface area contributed by atoms with Gasteiger partial charge in [-0.1, -0.05) is 30.0 Å². The minimum Gasteiger partial charge on any atom is -0.342 e. The summed E-state index contributed by atoms with van der Waals surface area (Å²) in [5.74, 6) is 0.178. The number of aromatic nitrogens is 1. The van der Waals surface area contributed by atoms with Crippen molar-refractivity contribution in [2.45, 2.75) is 38.0 Å². The summed E-state index contributed by atoms with van der Waals surface area (Å²) in [4.78, 5) is 18.9. The van der Waals surface area contributed by atoms with E-state index in [1.165, 1.54) is 22.7 Å². The van der Waals surface area contributed by atoms with Gasteiger partial charge in [-0.25, -0.2) is 4.98 Å². The third-order valence-corrected chi connectivity index (χ3v) is 4.63. The molecule has 1 aromatic carbocycles. The number of hydrogen-bond acceptors (Lipinski definition) is 3. The summed E-state index contributed by atoms with van der Waals surface area (Å²) < 4.78 is 0. The normalized spacial score (nSPS) is 12.4. The first-order valence-electron chi connectivity index (χ1n) is 7.38. The first-order valence-corrected chi connectivity index (χ1v) is 8.26. The molecule has 1 unspecified atom stereocenters. The van der Waals surface area contributed by atoms with Gasteiger partial charge in [-0.2, -0.15) is 0 Å². The highest BCUT2D eigenvalue weighted by atomic mass is 32.2. The fourth-order valence-corrected chi connectivity index (χ4v) is 3.41. The van der Waals surface area contributed by atoms with Crippen molar-refractivity contribution in [3.63, 3.8) is 0 Å². The summed E-state index contributed by atoms with van der Waals surface area (Å²) >= 11 is 1.54. The van der Waals surface area contributed by atoms with Gasteiger partial charge in [0.05, 0.1) is 15.8 Å². The van der Waals surface area contributed by atoms with E-state index in [1.54, 1.807) is 0 Å². The number of pyridine rings is 1. The summed E-state index contributed by atoms with van der Waals surface area (Å²) in [6, 6.07) is 10.2. The molecule has 0 bridgehead atoms. The Morgan fingerprint density at radius 2 is 1.95 bits per heavy atom. The molecule has 0 N–H and O–H groups in total. The van der Waals surface area contributed by atoms with Crippen LogP contribution in [0.5, 0.6) is 0 Å². The summed E-state index contributed by atoms with van der Waals surface area (Å²) in [5, 5.41) is 1.97. The van der Waals surface area contributed by atoms with Crippen LogP contribution in [0.25, 0.3) is 10.9 Å². The van der Waals surface area contributed by atoms with Gasteiger partial charge >= 0.3 is 0 Å². The number of rotatable bonds is 5. The van der Waals surface area contributed by atoms with Crippen molar-refractivity contribution in [3.05, 3.63) is 35.9 Å². The molecule has 1 amide bonds. The van der Waals surface area contributed by atoms with Gasteiger partial charge in [0.2, 0.25) is 5.91 Å². The lowest BCUT2D eigenvalue weighted by Gasteiger charge is -2.22. The quantitative estimate of drug-likeness (QED) is 0.786. The molecule has 0 aliphatic heterocycles. The first-order chi connectivity index (χ1) is 10.1. The number of nitrogens with zero attached hydrogens (tertiary/aromatic N) is 2. The number of carbonyl (C=O) groups is 1. The summed E-state index contributed by atoms with van der Waals surface area (Å²) in [5.41, 5.74) is 2.19. The standard InChI is InChI=1S/C17H22N2OS/c1-5-19(6-2)17(20)13(4)21-16-11-12(3)14-9-7-8-10-15(14)18-16/h7-11,13H,5-6H2,1-4H3. The molecule has 2 rings (SSSR count). The predicted molar refractivity (Wildman–Crippen MR) is 89.7 cm³/mol. The molecule has 0 spiro atoms. The van der Waals surface area contributed by atoms with Crippen molar-refractivity contribution in [3.8, 4) is 0 Å². The molecular weight excluding hydrogens is 280 g/mol. The highest BCUT2D eigenvalue weighted by Crippen LogP contribution is 2.27. The van der Waals surface area contributed by atoms with E-state index in [-0.39, 0.29) is 11.2 Å². The van der Waals surface area contributed by atoms with E-state index < -0.39 is 0 Å². The zero-order chi connectivity index (χ0) is 15.4. The number of hydrogen-bond donors (Lipinski definition) is 0. The van der Waals surface area contributed by atoms with Crippen LogP contribution in [0.3, 0.4) is 0 Å². The highest BCUT2D eigenvalue weighted by molar-refractivity contribution is 8.00. The third-order valence-electron chi connectivity index (χ3n) is 3.62. The molecule has 112 valence electrons. The maximum Gasteiger partial charge on any atom is 0.235 e. The molecule has 0 saturated heterocycles. The van der Waals surface area contributed by atoms with Crippen LogP contribution in [0.1, 0.15) is 26.3 Å². The fourth-order valence-electron chi connectivity index (χ4n) is 2.40. The molecule has 0 aliphatic rings. The van der Waals surface area contributed by atoms with Crippen molar-refractivity contribution in [1.29, 1.82) is 0 Å². The zero-order valence-corrected chi connectivity index (χ0v) is 13.9. The molecule has 1 aromatic heterocycles. The Kier molecular flexibility index (Phi) is 5.23. The monoisotopic (exact) mass is 302 g/mol. The Labute approximate surface area is 130 Å². The molecular formula is C17H22N2OS. The number of aryl methyl sites for hydroxylation is 1. The predicted octanol–water partition coefficient (Wildman–Crippen LogP) is 3.89. The molecule has 0 aliphatic carbocycles. The van der Waals surface area contributed by atoms with Crippen LogP contribution >= 0.6 is 11.8 Å². The van der Waals surface area contributed by atoms with Crippen LogP contribution in [0.15, 0.2) is 35.4 Å². The number of para-hydroxylation sites is 1. The van der Waals surface area contributed by atoms with Crippen LogP contribution in [-0.4, -0.2) is 34.1 Å². The Morgan fingerprint density at radius 3 is 2.62 bits per heavy atom. The summed E-state index contributed by atoms with van der Waals surface area (Å²) in [6.07, 6.45) is 0. The van der Waals surface area contributed by atoms with Gasteiger partial charge in [0.25, 0.3) is 0 Å². The SMILES string of the molecule is CCN(CC)C(=O)C(C)Sc1cc(C)c2ccccc2n1. The van der Waals surface area contributed by atoms with Gasteiger partial charge in [-0.05, 0) is 45.4 Å². The first kappa shape index (κ1) is 15.8. The van der Waals surface area contributed by atoms with E-state index in [0.29, 0.717) is 0 Å². The highest BCUT2D eigenvalue weighted by Gasteiger charge is 2.20. The van der Waals surface area contributed by atoms with Crippen LogP contribution in [0.4, 0.5) is 0 Å². The number of fused-ring (bicyclic) bond motifs is 1. The van der Waals surface area contributed by atoms with Gasteiger partial charge in [0.1, 0.15) is 0 Å². The summed E-state index contributed by atoms with van der Waals surface area (Å²) in [7, 11) is 0. The van der Waals surface area contributed by atoms with E-state index in [2.05, 4.69) is 24.0 Å². The second-order valence-electron chi connectivity index (χ2n) is 5.07. The van der Waals surface area contributed by atoms with E-state index in [4.69, 9.17) is 0 Å². The van der Waals surface area contributed by atoms with Crippen LogP contribution in [0, 0.1) is 6.92 Å². The van der Waals surface area contributed by atoms with Gasteiger partial charge in [0.15, 0.2) is 0 Å². The molecule has 4 heteroatoms. The maximum atomic E-state index is 12.3. The number of benzene rings is 1. The Hall–Kier alpha value is -1.55. The van der Waals surface area contributed by atoms with E-state index in [1.807, 2.05) is 43.9 Å². The molecule has 1 atom stereocenters. The van der Waals surface area contributed by atoms with Gasteiger partial charge in [0, 0.05) is 18.5 Å². The van der Waals surface area contributed by atoms with Crippen molar-refractivity contribution >= 4 is 28.6 Å². The topological polar surface area (TPSA) is 33.2 Å². The second-order valence-corrected chi connectivity index (χ2v) is 6.43. The maximum absolute atomic E-state index is 12.3. The largest absolute Gasteiger partial charge is 0.342 e. The molecule has 3 nitrogen and oxygen atoms in total. The zero-order valence-electron chi connectivity index (χ0n) is 13.1. The Bertz CT molecular complexity index is 638. The summed E-state index contributed by atoms with van der Waals surface area (Å²) in [6.45, 7) is 9.58. The van der Waals surface area contributed by atoms with Gasteiger partial charge < -0.3 is 4.90 Å². The average Bonchev–Trinajstić information content (AvgIpc) is 2.48. The second kappa shape index (κ2) is 6.94. The smallest absolute Gasteiger partial charge is 0.235 e. The molecule has 0 radical (unpaired) electrons. The third kappa shape index (κ3) is 3.56. The van der Waals surface area contributed by atoms with Crippen molar-refractivity contribution in [2.24, 2.45) is 0 Å². The lowest BCUT2D eigenvalue weighted by molar-refractivity contribution is -0.129. The van der Waals surface area contributed by atoms with E-state index in [0.717, 1.165) is 23.6 Å². The van der Waals surface area contributed by atoms with Crippen molar-refractivity contribution in [1.82, 2.24) is 9.88 Å². The molecule has 21 heavy (non-hydrogen) atoms. The lowest BCUT2D eigenvalue weighted by atomic mass is 10.1. The number of thioether (sulfide) groups is 1. The van der Waals surface area contributed by atoms with Crippen LogP contribution < -0.4 is 0 Å². The van der Waals surface area contributed by atoms with Crippen molar-refractivity contribution in [2.75, 3.05) is 13.1 Å². The van der Waals surface area contributed by atoms with E-state index >= 15 is 0 Å². The number of amides is 1. The molecule has 2 aromatic rings. The lowest BCUT2D eigenvalue weighted by Crippen LogP contribution is -2.36. The average molecular weight is 302 g/mol. The fraction of sp³-hybridized carbons (Fsp3) is 0.412. The molecule has 0 saturated carbocycles. The number of carbonyl (C=O) groups excluding carboxylic acids is 1. The Morgan fingerprint density at radius 1 is 1.29 bits per heavy atom. The van der Waals surface area contributed by atoms with Crippen LogP contribution in [0.2, 0.25) is 0 Å². The van der Waals surface area contributed by atoms with Gasteiger partial charge in [-0.3, -0.25) is 4.79 Å². The minimum absolute atomic E-state index is 0.113. The van der Waals surface area contributed by atoms with Gasteiger partial charge in [-0.15, -0.1) is 0 Å².